The van der Waals surface area contributed by atoms with Crippen LogP contribution in [0, 0.1) is 10.1 Å². The van der Waals surface area contributed by atoms with E-state index in [0.717, 1.165) is 50.3 Å². The Morgan fingerprint density at radius 3 is 2.70 bits per heavy atom. The smallest absolute Gasteiger partial charge is 0.292 e. The molecule has 20 heavy (non-hydrogen) atoms. The first-order valence-electron chi connectivity index (χ1n) is 7.45. The summed E-state index contributed by atoms with van der Waals surface area (Å²) in [6, 6.07) is 5.72. The molecule has 0 radical (unpaired) electrons. The summed E-state index contributed by atoms with van der Waals surface area (Å²) in [7, 11) is 0. The largest absolute Gasteiger partial charge is 0.363 e. The van der Waals surface area contributed by atoms with E-state index >= 15 is 0 Å². The number of nitro benzene ring substituents is 1. The van der Waals surface area contributed by atoms with Gasteiger partial charge in [0.25, 0.3) is 5.69 Å². The maximum absolute atomic E-state index is 11.3. The standard InChI is InChI=1S/C15H23N3O2/c1-2-3-4-5-13-6-7-14(15(12-13)18(19)20)17-10-8-16-9-11-17/h6-7,12,16H,2-5,8-11H2,1H3. The number of nitrogens with one attached hydrogen (secondary N) is 1. The van der Waals surface area contributed by atoms with Crippen LogP contribution < -0.4 is 10.2 Å². The number of hydrogen-bond donors (Lipinski definition) is 1. The maximum Gasteiger partial charge on any atom is 0.292 e. The lowest BCUT2D eigenvalue weighted by atomic mass is 10.1. The number of anilines is 1. The molecule has 1 heterocycles. The fourth-order valence-corrected chi connectivity index (χ4v) is 2.62. The Labute approximate surface area is 120 Å². The zero-order valence-electron chi connectivity index (χ0n) is 12.1. The molecule has 0 amide bonds. The van der Waals surface area contributed by atoms with E-state index in [-0.39, 0.29) is 10.6 Å². The third-order valence-electron chi connectivity index (χ3n) is 3.76. The molecule has 0 spiro atoms. The summed E-state index contributed by atoms with van der Waals surface area (Å²) in [6.45, 7) is 5.59. The predicted molar refractivity (Wildman–Crippen MR) is 81.4 cm³/mol. The zero-order chi connectivity index (χ0) is 14.4. The van der Waals surface area contributed by atoms with Crippen molar-refractivity contribution in [3.8, 4) is 0 Å². The van der Waals surface area contributed by atoms with Crippen LogP contribution in [-0.4, -0.2) is 31.1 Å². The Bertz CT molecular complexity index is 456. The molecule has 1 aromatic rings. The van der Waals surface area contributed by atoms with Crippen LogP contribution in [0.5, 0.6) is 0 Å². The number of nitro groups is 1. The second-order valence-electron chi connectivity index (χ2n) is 5.27. The molecule has 0 aromatic heterocycles. The van der Waals surface area contributed by atoms with Crippen LogP contribution in [0.3, 0.4) is 0 Å². The lowest BCUT2D eigenvalue weighted by Crippen LogP contribution is -2.43. The van der Waals surface area contributed by atoms with Crippen molar-refractivity contribution in [1.29, 1.82) is 0 Å². The van der Waals surface area contributed by atoms with Gasteiger partial charge in [0.15, 0.2) is 0 Å². The van der Waals surface area contributed by atoms with Gasteiger partial charge in [0.2, 0.25) is 0 Å². The third kappa shape index (κ3) is 3.70. The number of aryl methyl sites for hydroxylation is 1. The van der Waals surface area contributed by atoms with Crippen LogP contribution in [0.25, 0.3) is 0 Å². The highest BCUT2D eigenvalue weighted by atomic mass is 16.6. The highest BCUT2D eigenvalue weighted by Crippen LogP contribution is 2.30. The van der Waals surface area contributed by atoms with Gasteiger partial charge in [-0.25, -0.2) is 0 Å². The number of nitrogens with zero attached hydrogens (tertiary/aromatic N) is 2. The van der Waals surface area contributed by atoms with Crippen molar-refractivity contribution < 1.29 is 4.92 Å². The van der Waals surface area contributed by atoms with Crippen LogP contribution in [0.15, 0.2) is 18.2 Å². The van der Waals surface area contributed by atoms with Crippen LogP contribution in [0.1, 0.15) is 31.7 Å². The Morgan fingerprint density at radius 2 is 2.05 bits per heavy atom. The molecule has 5 nitrogen and oxygen atoms in total. The van der Waals surface area contributed by atoms with E-state index in [2.05, 4.69) is 17.1 Å². The molecule has 0 saturated carbocycles. The molecule has 0 bridgehead atoms. The van der Waals surface area contributed by atoms with E-state index in [4.69, 9.17) is 0 Å². The predicted octanol–water partition coefficient (Wildman–Crippen LogP) is 2.74. The van der Waals surface area contributed by atoms with E-state index in [1.54, 1.807) is 6.07 Å². The quantitative estimate of drug-likeness (QED) is 0.493. The summed E-state index contributed by atoms with van der Waals surface area (Å²) in [5.74, 6) is 0. The maximum atomic E-state index is 11.3. The highest BCUT2D eigenvalue weighted by Gasteiger charge is 2.21. The minimum atomic E-state index is -0.249. The molecule has 2 rings (SSSR count). The van der Waals surface area contributed by atoms with Crippen molar-refractivity contribution in [3.63, 3.8) is 0 Å². The SMILES string of the molecule is CCCCCc1ccc(N2CCNCC2)c([N+](=O)[O-])c1. The average molecular weight is 277 g/mol. The molecular formula is C15H23N3O2. The van der Waals surface area contributed by atoms with Crippen LogP contribution >= 0.6 is 0 Å². The summed E-state index contributed by atoms with van der Waals surface area (Å²) in [4.78, 5) is 13.2. The molecule has 1 aliphatic heterocycles. The normalized spacial score (nSPS) is 15.3. The third-order valence-corrected chi connectivity index (χ3v) is 3.76. The summed E-state index contributed by atoms with van der Waals surface area (Å²) >= 11 is 0. The van der Waals surface area contributed by atoms with Crippen molar-refractivity contribution in [2.45, 2.75) is 32.6 Å². The lowest BCUT2D eigenvalue weighted by Gasteiger charge is -2.29. The van der Waals surface area contributed by atoms with E-state index in [1.165, 1.54) is 12.8 Å². The number of hydrogen-bond acceptors (Lipinski definition) is 4. The van der Waals surface area contributed by atoms with E-state index in [1.807, 2.05) is 12.1 Å². The first kappa shape index (κ1) is 14.8. The summed E-state index contributed by atoms with van der Waals surface area (Å²) in [6.07, 6.45) is 4.37. The summed E-state index contributed by atoms with van der Waals surface area (Å²) in [5, 5.41) is 14.6. The molecule has 1 aromatic carbocycles. The Morgan fingerprint density at radius 1 is 1.30 bits per heavy atom. The molecule has 5 heteroatoms. The van der Waals surface area contributed by atoms with Gasteiger partial charge >= 0.3 is 0 Å². The molecule has 1 saturated heterocycles. The average Bonchev–Trinajstić information content (AvgIpc) is 2.48. The van der Waals surface area contributed by atoms with Gasteiger partial charge in [0.1, 0.15) is 5.69 Å². The lowest BCUT2D eigenvalue weighted by molar-refractivity contribution is -0.384. The second kappa shape index (κ2) is 7.24. The molecule has 1 N–H and O–H groups in total. The van der Waals surface area contributed by atoms with E-state index in [9.17, 15) is 10.1 Å². The Hall–Kier alpha value is -1.62. The van der Waals surface area contributed by atoms with E-state index in [0.29, 0.717) is 0 Å². The van der Waals surface area contributed by atoms with E-state index < -0.39 is 0 Å². The van der Waals surface area contributed by atoms with Crippen molar-refractivity contribution in [2.24, 2.45) is 0 Å². The second-order valence-corrected chi connectivity index (χ2v) is 5.27. The number of unbranched alkanes of at least 4 members (excludes halogenated alkanes) is 2. The van der Waals surface area contributed by atoms with Crippen molar-refractivity contribution in [3.05, 3.63) is 33.9 Å². The number of piperazine rings is 1. The Kier molecular flexibility index (Phi) is 5.35. The summed E-state index contributed by atoms with van der Waals surface area (Å²) < 4.78 is 0. The fraction of sp³-hybridized carbons (Fsp3) is 0.600. The molecule has 0 atom stereocenters. The van der Waals surface area contributed by atoms with Gasteiger partial charge in [0, 0.05) is 32.2 Å². The molecule has 110 valence electrons. The van der Waals surface area contributed by atoms with Gasteiger partial charge < -0.3 is 10.2 Å². The summed E-state index contributed by atoms with van der Waals surface area (Å²) in [5.41, 5.74) is 2.08. The van der Waals surface area contributed by atoms with Crippen LogP contribution in [0.4, 0.5) is 11.4 Å². The highest BCUT2D eigenvalue weighted by molar-refractivity contribution is 5.64. The van der Waals surface area contributed by atoms with Crippen LogP contribution in [-0.2, 0) is 6.42 Å². The van der Waals surface area contributed by atoms with Crippen molar-refractivity contribution in [2.75, 3.05) is 31.1 Å². The van der Waals surface area contributed by atoms with Gasteiger partial charge in [-0.05, 0) is 24.5 Å². The molecular weight excluding hydrogens is 254 g/mol. The minimum Gasteiger partial charge on any atom is -0.363 e. The zero-order valence-corrected chi connectivity index (χ0v) is 12.1. The van der Waals surface area contributed by atoms with Gasteiger partial charge in [-0.3, -0.25) is 10.1 Å². The van der Waals surface area contributed by atoms with Crippen LogP contribution in [0.2, 0.25) is 0 Å². The van der Waals surface area contributed by atoms with Gasteiger partial charge in [-0.15, -0.1) is 0 Å². The number of rotatable bonds is 6. The van der Waals surface area contributed by atoms with Crippen molar-refractivity contribution >= 4 is 11.4 Å². The first-order valence-corrected chi connectivity index (χ1v) is 7.45. The number of benzene rings is 1. The Balaban J connectivity index is 2.16. The van der Waals surface area contributed by atoms with Gasteiger partial charge in [-0.1, -0.05) is 25.8 Å². The topological polar surface area (TPSA) is 58.4 Å². The molecule has 0 aliphatic carbocycles. The van der Waals surface area contributed by atoms with Gasteiger partial charge in [-0.2, -0.15) is 0 Å². The monoisotopic (exact) mass is 277 g/mol. The molecule has 1 aliphatic rings. The van der Waals surface area contributed by atoms with Crippen molar-refractivity contribution in [1.82, 2.24) is 5.32 Å². The minimum absolute atomic E-state index is 0.249. The fourth-order valence-electron chi connectivity index (χ4n) is 2.62. The van der Waals surface area contributed by atoms with Gasteiger partial charge in [0.05, 0.1) is 4.92 Å². The molecule has 1 fully saturated rings. The first-order chi connectivity index (χ1) is 9.72. The molecule has 0 unspecified atom stereocenters.